The fourth-order valence-electron chi connectivity index (χ4n) is 0.708. The van der Waals surface area contributed by atoms with E-state index in [0.29, 0.717) is 0 Å². The molecular formula is C6H7FLaO7. The monoisotopic (exact) mass is 349 g/mol. The van der Waals surface area contributed by atoms with Gasteiger partial charge in [-0.2, -0.15) is 0 Å². The normalized spacial score (nSPS) is 15.6. The van der Waals surface area contributed by atoms with Gasteiger partial charge in [0.2, 0.25) is 11.8 Å². The minimum atomic E-state index is -3.45. The molecule has 0 heterocycles. The first-order chi connectivity index (χ1) is 6.21. The largest absolute Gasteiger partial charge is 0.481 e. The average molecular weight is 349 g/mol. The molecular weight excluding hydrogens is 342 g/mol. The maximum absolute atomic E-state index is 12.7. The van der Waals surface area contributed by atoms with Crippen LogP contribution in [-0.2, 0) is 14.4 Å². The molecule has 0 aliphatic carbocycles. The van der Waals surface area contributed by atoms with Crippen LogP contribution in [-0.4, -0.2) is 50.1 Å². The second-order valence-electron chi connectivity index (χ2n) is 2.50. The molecule has 0 aromatic heterocycles. The molecule has 0 amide bonds. The molecule has 2 atom stereocenters. The van der Waals surface area contributed by atoms with Gasteiger partial charge in [0.05, 0.1) is 6.42 Å². The molecule has 0 bridgehead atoms. The van der Waals surface area contributed by atoms with Crippen LogP contribution in [0.4, 0.5) is 4.39 Å². The van der Waals surface area contributed by atoms with Crippen molar-refractivity contribution in [1.82, 2.24) is 0 Å². The Balaban J connectivity index is 0. The number of hydrogen-bond acceptors (Lipinski definition) is 4. The van der Waals surface area contributed by atoms with E-state index in [2.05, 4.69) is 0 Å². The van der Waals surface area contributed by atoms with Crippen molar-refractivity contribution in [1.29, 1.82) is 0 Å². The second-order valence-corrected chi connectivity index (χ2v) is 2.50. The van der Waals surface area contributed by atoms with Crippen molar-refractivity contribution < 1.29 is 74.8 Å². The van der Waals surface area contributed by atoms with Crippen molar-refractivity contribution in [2.24, 2.45) is 0 Å². The van der Waals surface area contributed by atoms with Gasteiger partial charge in [-0.1, -0.05) is 0 Å². The number of rotatable bonds is 5. The molecule has 0 saturated carbocycles. The quantitative estimate of drug-likeness (QED) is 0.485. The summed E-state index contributed by atoms with van der Waals surface area (Å²) in [6, 6.07) is 0. The van der Waals surface area contributed by atoms with E-state index in [4.69, 9.17) is 20.4 Å². The van der Waals surface area contributed by atoms with Gasteiger partial charge in [-0.25, -0.2) is 14.0 Å². The fourth-order valence-corrected chi connectivity index (χ4v) is 0.708. The predicted octanol–water partition coefficient (Wildman–Crippen LogP) is -1.30. The van der Waals surface area contributed by atoms with Gasteiger partial charge in [0.25, 0.3) is 0 Å². The van der Waals surface area contributed by atoms with Crippen LogP contribution in [0, 0.1) is 35.6 Å². The van der Waals surface area contributed by atoms with Crippen molar-refractivity contribution in [2.45, 2.75) is 18.2 Å². The van der Waals surface area contributed by atoms with Gasteiger partial charge in [0.15, 0.2) is 0 Å². The minimum Gasteiger partial charge on any atom is -0.481 e. The first-order valence-corrected chi connectivity index (χ1v) is 3.26. The van der Waals surface area contributed by atoms with Crippen molar-refractivity contribution in [2.75, 3.05) is 0 Å². The second kappa shape index (κ2) is 6.16. The van der Waals surface area contributed by atoms with E-state index in [0.717, 1.165) is 0 Å². The summed E-state index contributed by atoms with van der Waals surface area (Å²) in [6.07, 6.45) is -4.73. The third-order valence-corrected chi connectivity index (χ3v) is 1.43. The van der Waals surface area contributed by atoms with E-state index < -0.39 is 36.1 Å². The van der Waals surface area contributed by atoms with Gasteiger partial charge in [-0.3, -0.25) is 4.79 Å². The third-order valence-electron chi connectivity index (χ3n) is 1.43. The zero-order valence-electron chi connectivity index (χ0n) is 7.25. The van der Waals surface area contributed by atoms with Gasteiger partial charge in [0.1, 0.15) is 0 Å². The topological polar surface area (TPSA) is 132 Å². The van der Waals surface area contributed by atoms with Crippen LogP contribution in [0.15, 0.2) is 0 Å². The molecule has 4 N–H and O–H groups in total. The van der Waals surface area contributed by atoms with Gasteiger partial charge < -0.3 is 20.4 Å². The summed E-state index contributed by atoms with van der Waals surface area (Å²) in [6.45, 7) is 0. The summed E-state index contributed by atoms with van der Waals surface area (Å²) in [5.41, 5.74) is -3.45. The van der Waals surface area contributed by atoms with Crippen LogP contribution in [0.5, 0.6) is 0 Å². The van der Waals surface area contributed by atoms with Crippen molar-refractivity contribution in [3.63, 3.8) is 0 Å². The maximum atomic E-state index is 12.7. The van der Waals surface area contributed by atoms with Gasteiger partial charge in [-0.05, 0) is 0 Å². The molecule has 0 aromatic carbocycles. The van der Waals surface area contributed by atoms with E-state index in [1.54, 1.807) is 0 Å². The van der Waals surface area contributed by atoms with Crippen LogP contribution >= 0.6 is 0 Å². The van der Waals surface area contributed by atoms with Gasteiger partial charge in [-0.15, -0.1) is 0 Å². The molecule has 0 rings (SSSR count). The van der Waals surface area contributed by atoms with Crippen LogP contribution in [0.25, 0.3) is 0 Å². The zero-order chi connectivity index (χ0) is 11.5. The summed E-state index contributed by atoms with van der Waals surface area (Å²) < 4.78 is 12.7. The van der Waals surface area contributed by atoms with Crippen LogP contribution in [0.1, 0.15) is 6.42 Å². The molecule has 15 heavy (non-hydrogen) atoms. The summed E-state index contributed by atoms with van der Waals surface area (Å²) in [5.74, 6) is -6.30. The van der Waals surface area contributed by atoms with Crippen molar-refractivity contribution >= 4 is 17.9 Å². The molecule has 0 aliphatic rings. The minimum absolute atomic E-state index is 0. The Kier molecular flexibility index (Phi) is 6.94. The first-order valence-electron chi connectivity index (χ1n) is 3.26. The Morgan fingerprint density at radius 3 is 1.80 bits per heavy atom. The van der Waals surface area contributed by atoms with E-state index >= 15 is 0 Å². The van der Waals surface area contributed by atoms with E-state index in [9.17, 15) is 18.8 Å². The van der Waals surface area contributed by atoms with Gasteiger partial charge >= 0.3 is 17.9 Å². The molecule has 2 unspecified atom stereocenters. The Morgan fingerprint density at radius 1 is 1.20 bits per heavy atom. The fraction of sp³-hybridized carbons (Fsp3) is 0.500. The van der Waals surface area contributed by atoms with Crippen LogP contribution in [0.3, 0.4) is 0 Å². The van der Waals surface area contributed by atoms with Gasteiger partial charge in [0, 0.05) is 35.6 Å². The Labute approximate surface area is 110 Å². The number of halogens is 1. The number of hydrogen-bond donors (Lipinski definition) is 4. The van der Waals surface area contributed by atoms with E-state index in [1.807, 2.05) is 0 Å². The molecule has 0 fully saturated rings. The molecule has 7 nitrogen and oxygen atoms in total. The Bertz CT molecular complexity index is 281. The molecule has 0 aliphatic heterocycles. The third kappa shape index (κ3) is 4.25. The molecule has 83 valence electrons. The Hall–Kier alpha value is -0.505. The van der Waals surface area contributed by atoms with Crippen molar-refractivity contribution in [3.05, 3.63) is 0 Å². The summed E-state index contributed by atoms with van der Waals surface area (Å²) in [5, 5.41) is 33.5. The number of carboxylic acid groups (broad SMARTS) is 3. The molecule has 0 aromatic rings. The predicted molar refractivity (Wildman–Crippen MR) is 37.4 cm³/mol. The Morgan fingerprint density at radius 2 is 1.60 bits per heavy atom. The van der Waals surface area contributed by atoms with E-state index in [1.165, 1.54) is 0 Å². The number of aliphatic carboxylic acids is 3. The average Bonchev–Trinajstić information content (AvgIpc) is 2.00. The zero-order valence-corrected chi connectivity index (χ0v) is 10.9. The maximum Gasteiger partial charge on any atom is 0.342 e. The number of alkyl halides is 1. The molecule has 1 radical (unpaired) electrons. The molecule has 0 spiro atoms. The number of aliphatic hydroxyl groups is 1. The smallest absolute Gasteiger partial charge is 0.342 e. The molecule has 9 heteroatoms. The van der Waals surface area contributed by atoms with Crippen molar-refractivity contribution in [3.8, 4) is 0 Å². The number of carboxylic acids is 3. The summed E-state index contributed by atoms with van der Waals surface area (Å²) in [7, 11) is 0. The first kappa shape index (κ1) is 16.9. The van der Waals surface area contributed by atoms with Crippen LogP contribution in [0.2, 0.25) is 0 Å². The van der Waals surface area contributed by atoms with E-state index in [-0.39, 0.29) is 35.6 Å². The molecule has 0 saturated heterocycles. The summed E-state index contributed by atoms with van der Waals surface area (Å²) in [4.78, 5) is 30.4. The number of carbonyl (C=O) groups is 3. The SMILES string of the molecule is O=C(O)CC(O)(C(=O)O)C(F)C(=O)O.[La]. The standard InChI is InChI=1S/C6H7FO7.La/c7-3(4(10)11)6(14,5(12)13)1-2(8)9;/h3,14H,1H2,(H,8,9)(H,10,11)(H,12,13);. The summed E-state index contributed by atoms with van der Waals surface area (Å²) >= 11 is 0. The van der Waals surface area contributed by atoms with Crippen LogP contribution < -0.4 is 0 Å².